The third-order valence-corrected chi connectivity index (χ3v) is 2.68. The normalized spacial score (nSPS) is 10.9. The Morgan fingerprint density at radius 1 is 1.39 bits per heavy atom. The van der Waals surface area contributed by atoms with Crippen LogP contribution in [0.25, 0.3) is 11.4 Å². The molecule has 94 valence electrons. The topological polar surface area (TPSA) is 56.0 Å². The molecule has 0 saturated heterocycles. The molecule has 1 heterocycles. The highest BCUT2D eigenvalue weighted by molar-refractivity contribution is 5.77. The van der Waals surface area contributed by atoms with Crippen molar-refractivity contribution in [3.63, 3.8) is 0 Å². The molecule has 2 rings (SSSR count). The summed E-state index contributed by atoms with van der Waals surface area (Å²) in [7, 11) is 0. The average molecular weight is 244 g/mol. The summed E-state index contributed by atoms with van der Waals surface area (Å²) in [5, 5.41) is 3.98. The first-order chi connectivity index (χ1) is 8.60. The van der Waals surface area contributed by atoms with Crippen LogP contribution in [-0.4, -0.2) is 16.4 Å². The summed E-state index contributed by atoms with van der Waals surface area (Å²) < 4.78 is 5.21. The summed E-state index contributed by atoms with van der Waals surface area (Å²) in [6, 6.07) is 5.43. The van der Waals surface area contributed by atoms with E-state index in [9.17, 15) is 4.79 Å². The van der Waals surface area contributed by atoms with Gasteiger partial charge in [0.1, 0.15) is 6.29 Å². The Morgan fingerprint density at radius 2 is 2.17 bits per heavy atom. The van der Waals surface area contributed by atoms with Gasteiger partial charge >= 0.3 is 0 Å². The van der Waals surface area contributed by atoms with Crippen molar-refractivity contribution < 1.29 is 9.32 Å². The number of hydrogen-bond donors (Lipinski definition) is 0. The lowest BCUT2D eigenvalue weighted by atomic mass is 10.1. The smallest absolute Gasteiger partial charge is 0.227 e. The zero-order valence-corrected chi connectivity index (χ0v) is 10.8. The molecule has 0 unspecified atom stereocenters. The van der Waals surface area contributed by atoms with Gasteiger partial charge in [0.15, 0.2) is 0 Å². The van der Waals surface area contributed by atoms with Gasteiger partial charge in [0.2, 0.25) is 11.7 Å². The predicted octanol–water partition coefficient (Wildman–Crippen LogP) is 3.06. The molecule has 1 aromatic heterocycles. The molecule has 18 heavy (non-hydrogen) atoms. The van der Waals surface area contributed by atoms with Crippen molar-refractivity contribution in [1.82, 2.24) is 10.1 Å². The van der Waals surface area contributed by atoms with E-state index in [1.807, 2.05) is 19.1 Å². The molecule has 0 spiro atoms. The van der Waals surface area contributed by atoms with E-state index in [0.29, 0.717) is 23.2 Å². The first-order valence-electron chi connectivity index (χ1n) is 5.99. The molecule has 0 aliphatic carbocycles. The zero-order chi connectivity index (χ0) is 13.1. The molecule has 0 saturated carbocycles. The van der Waals surface area contributed by atoms with Crippen LogP contribution in [0.3, 0.4) is 0 Å². The molecule has 1 aromatic carbocycles. The minimum atomic E-state index is 0.483. The number of hydrogen-bond acceptors (Lipinski definition) is 4. The van der Waals surface area contributed by atoms with Crippen molar-refractivity contribution in [3.8, 4) is 11.4 Å². The van der Waals surface area contributed by atoms with Gasteiger partial charge in [-0.1, -0.05) is 31.1 Å². The number of benzene rings is 1. The van der Waals surface area contributed by atoms with Gasteiger partial charge in [-0.3, -0.25) is 4.79 Å². The molecule has 0 radical (unpaired) electrons. The van der Waals surface area contributed by atoms with Crippen LogP contribution in [0.1, 0.15) is 35.7 Å². The van der Waals surface area contributed by atoms with E-state index in [1.54, 1.807) is 6.07 Å². The second-order valence-corrected chi connectivity index (χ2v) is 4.80. The lowest BCUT2D eigenvalue weighted by molar-refractivity contribution is 0.112. The van der Waals surface area contributed by atoms with Crippen molar-refractivity contribution in [1.29, 1.82) is 0 Å². The molecular formula is C14H16N2O2. The van der Waals surface area contributed by atoms with Crippen LogP contribution in [0.2, 0.25) is 0 Å². The van der Waals surface area contributed by atoms with Gasteiger partial charge in [-0.2, -0.15) is 4.98 Å². The van der Waals surface area contributed by atoms with Crippen LogP contribution in [0, 0.1) is 12.8 Å². The fourth-order valence-corrected chi connectivity index (χ4v) is 1.81. The SMILES string of the molecule is Cc1cc(C=O)ccc1-c1noc(CC(C)C)n1. The number of nitrogens with zero attached hydrogens (tertiary/aromatic N) is 2. The third kappa shape index (κ3) is 2.64. The molecule has 0 aliphatic rings. The first-order valence-corrected chi connectivity index (χ1v) is 5.99. The number of rotatable bonds is 4. The predicted molar refractivity (Wildman–Crippen MR) is 68.4 cm³/mol. The quantitative estimate of drug-likeness (QED) is 0.775. The second kappa shape index (κ2) is 5.12. The highest BCUT2D eigenvalue weighted by Crippen LogP contribution is 2.21. The van der Waals surface area contributed by atoms with Gasteiger partial charge in [0.25, 0.3) is 0 Å². The Labute approximate surface area is 106 Å². The van der Waals surface area contributed by atoms with Gasteiger partial charge in [-0.15, -0.1) is 0 Å². The maximum atomic E-state index is 10.7. The van der Waals surface area contributed by atoms with Gasteiger partial charge in [0, 0.05) is 17.5 Å². The highest BCUT2D eigenvalue weighted by Gasteiger charge is 2.12. The molecule has 0 bridgehead atoms. The summed E-state index contributed by atoms with van der Waals surface area (Å²) in [6.07, 6.45) is 1.61. The maximum absolute atomic E-state index is 10.7. The number of aryl methyl sites for hydroxylation is 1. The molecule has 4 heteroatoms. The minimum absolute atomic E-state index is 0.483. The van der Waals surface area contributed by atoms with Crippen LogP contribution in [0.5, 0.6) is 0 Å². The Balaban J connectivity index is 2.31. The van der Waals surface area contributed by atoms with E-state index in [2.05, 4.69) is 24.0 Å². The summed E-state index contributed by atoms with van der Waals surface area (Å²) >= 11 is 0. The molecule has 0 fully saturated rings. The van der Waals surface area contributed by atoms with Crippen LogP contribution < -0.4 is 0 Å². The molecule has 0 N–H and O–H groups in total. The van der Waals surface area contributed by atoms with Crippen LogP contribution in [0.15, 0.2) is 22.7 Å². The van der Waals surface area contributed by atoms with Gasteiger partial charge in [-0.05, 0) is 24.5 Å². The Bertz CT molecular complexity index is 559. The first kappa shape index (κ1) is 12.5. The third-order valence-electron chi connectivity index (χ3n) is 2.68. The van der Waals surface area contributed by atoms with Crippen LogP contribution in [-0.2, 0) is 6.42 Å². The van der Waals surface area contributed by atoms with Crippen LogP contribution in [0.4, 0.5) is 0 Å². The van der Waals surface area contributed by atoms with Crippen molar-refractivity contribution in [2.45, 2.75) is 27.2 Å². The maximum Gasteiger partial charge on any atom is 0.227 e. The minimum Gasteiger partial charge on any atom is -0.339 e. The van der Waals surface area contributed by atoms with E-state index in [0.717, 1.165) is 23.8 Å². The van der Waals surface area contributed by atoms with E-state index in [-0.39, 0.29) is 0 Å². The molecule has 0 amide bonds. The fraction of sp³-hybridized carbons (Fsp3) is 0.357. The van der Waals surface area contributed by atoms with E-state index in [4.69, 9.17) is 4.52 Å². The standard InChI is InChI=1S/C14H16N2O2/c1-9(2)6-13-15-14(16-18-13)12-5-4-11(8-17)7-10(12)3/h4-5,7-9H,6H2,1-3H3. The summed E-state index contributed by atoms with van der Waals surface area (Å²) in [6.45, 7) is 6.14. The van der Waals surface area contributed by atoms with Crippen molar-refractivity contribution >= 4 is 6.29 Å². The second-order valence-electron chi connectivity index (χ2n) is 4.80. The Morgan fingerprint density at radius 3 is 2.78 bits per heavy atom. The number of aromatic nitrogens is 2. The van der Waals surface area contributed by atoms with Crippen LogP contribution >= 0.6 is 0 Å². The Kier molecular flexibility index (Phi) is 3.55. The number of carbonyl (C=O) groups is 1. The highest BCUT2D eigenvalue weighted by atomic mass is 16.5. The number of carbonyl (C=O) groups excluding carboxylic acids is 1. The largest absolute Gasteiger partial charge is 0.339 e. The summed E-state index contributed by atoms with van der Waals surface area (Å²) in [5.74, 6) is 1.72. The molecule has 4 nitrogen and oxygen atoms in total. The van der Waals surface area contributed by atoms with Crippen molar-refractivity contribution in [2.24, 2.45) is 5.92 Å². The van der Waals surface area contributed by atoms with E-state index in [1.165, 1.54) is 0 Å². The van der Waals surface area contributed by atoms with E-state index >= 15 is 0 Å². The van der Waals surface area contributed by atoms with Crippen molar-refractivity contribution in [3.05, 3.63) is 35.2 Å². The van der Waals surface area contributed by atoms with E-state index < -0.39 is 0 Å². The Hall–Kier alpha value is -1.97. The lowest BCUT2D eigenvalue weighted by Crippen LogP contribution is -1.94. The van der Waals surface area contributed by atoms with Crippen molar-refractivity contribution in [2.75, 3.05) is 0 Å². The summed E-state index contributed by atoms with van der Waals surface area (Å²) in [4.78, 5) is 15.1. The molecule has 0 aliphatic heterocycles. The lowest BCUT2D eigenvalue weighted by Gasteiger charge is -2.01. The summed E-state index contributed by atoms with van der Waals surface area (Å²) in [5.41, 5.74) is 2.53. The number of aldehydes is 1. The molecular weight excluding hydrogens is 228 g/mol. The van der Waals surface area contributed by atoms with Gasteiger partial charge in [0.05, 0.1) is 0 Å². The average Bonchev–Trinajstić information content (AvgIpc) is 2.76. The zero-order valence-electron chi connectivity index (χ0n) is 10.8. The van der Waals surface area contributed by atoms with Gasteiger partial charge < -0.3 is 4.52 Å². The van der Waals surface area contributed by atoms with Gasteiger partial charge in [-0.25, -0.2) is 0 Å². The molecule has 2 aromatic rings. The fourth-order valence-electron chi connectivity index (χ4n) is 1.81. The molecule has 0 atom stereocenters. The monoisotopic (exact) mass is 244 g/mol.